The molecule has 0 amide bonds. The lowest BCUT2D eigenvalue weighted by Gasteiger charge is -2.19. The van der Waals surface area contributed by atoms with Crippen LogP contribution in [0, 0.1) is 6.92 Å². The number of pyridine rings is 1. The second-order valence-corrected chi connectivity index (χ2v) is 6.03. The van der Waals surface area contributed by atoms with E-state index in [2.05, 4.69) is 55.9 Å². The van der Waals surface area contributed by atoms with Crippen molar-refractivity contribution in [2.75, 3.05) is 6.54 Å². The quantitative estimate of drug-likeness (QED) is 0.828. The monoisotopic (exact) mass is 350 g/mol. The number of rotatable bonds is 7. The van der Waals surface area contributed by atoms with Gasteiger partial charge in [-0.25, -0.2) is 0 Å². The van der Waals surface area contributed by atoms with E-state index in [4.69, 9.17) is 0 Å². The van der Waals surface area contributed by atoms with Crippen molar-refractivity contribution in [3.8, 4) is 0 Å². The molecule has 21 heavy (non-hydrogen) atoms. The Morgan fingerprint density at radius 1 is 1.38 bits per heavy atom. The van der Waals surface area contributed by atoms with Crippen LogP contribution in [-0.4, -0.2) is 21.3 Å². The van der Waals surface area contributed by atoms with Gasteiger partial charge in [-0.3, -0.25) is 9.67 Å². The highest BCUT2D eigenvalue weighted by Crippen LogP contribution is 2.24. The molecule has 0 aliphatic rings. The number of halogens is 1. The second-order valence-electron chi connectivity index (χ2n) is 5.17. The summed E-state index contributed by atoms with van der Waals surface area (Å²) >= 11 is 3.62. The van der Waals surface area contributed by atoms with Crippen LogP contribution in [0.15, 0.2) is 28.9 Å². The highest BCUT2D eigenvalue weighted by atomic mass is 79.9. The molecule has 0 bridgehead atoms. The first kappa shape index (κ1) is 16.2. The first-order valence-corrected chi connectivity index (χ1v) is 8.32. The lowest BCUT2D eigenvalue weighted by atomic mass is 10.1. The molecule has 2 heterocycles. The third kappa shape index (κ3) is 4.14. The molecule has 0 aliphatic carbocycles. The van der Waals surface area contributed by atoms with Crippen molar-refractivity contribution in [2.24, 2.45) is 0 Å². The Labute approximate surface area is 135 Å². The molecule has 2 aromatic heterocycles. The summed E-state index contributed by atoms with van der Waals surface area (Å²) in [6.45, 7) is 8.22. The fraction of sp³-hybridized carbons (Fsp3) is 0.500. The van der Waals surface area contributed by atoms with Gasteiger partial charge < -0.3 is 5.32 Å². The minimum absolute atomic E-state index is 0.196. The van der Waals surface area contributed by atoms with E-state index in [0.717, 1.165) is 41.8 Å². The third-order valence-electron chi connectivity index (χ3n) is 3.46. The molecule has 0 spiro atoms. The van der Waals surface area contributed by atoms with E-state index in [-0.39, 0.29) is 6.04 Å². The van der Waals surface area contributed by atoms with E-state index in [1.807, 2.05) is 25.3 Å². The summed E-state index contributed by atoms with van der Waals surface area (Å²) in [5.74, 6) is 0. The van der Waals surface area contributed by atoms with E-state index in [9.17, 15) is 0 Å². The van der Waals surface area contributed by atoms with Crippen LogP contribution >= 0.6 is 15.9 Å². The van der Waals surface area contributed by atoms with Crippen molar-refractivity contribution in [3.63, 3.8) is 0 Å². The molecule has 0 aromatic carbocycles. The lowest BCUT2D eigenvalue weighted by molar-refractivity contribution is 0.492. The van der Waals surface area contributed by atoms with E-state index in [0.29, 0.717) is 0 Å². The number of nitrogens with one attached hydrogen (secondary N) is 1. The summed E-state index contributed by atoms with van der Waals surface area (Å²) in [6, 6.07) is 6.36. The molecule has 0 saturated carbocycles. The van der Waals surface area contributed by atoms with Crippen LogP contribution in [-0.2, 0) is 13.0 Å². The van der Waals surface area contributed by atoms with Crippen molar-refractivity contribution >= 4 is 15.9 Å². The highest BCUT2D eigenvalue weighted by Gasteiger charge is 2.18. The maximum absolute atomic E-state index is 4.55. The molecule has 1 unspecified atom stereocenters. The molecule has 0 radical (unpaired) electrons. The normalized spacial score (nSPS) is 12.6. The number of aromatic nitrogens is 3. The minimum atomic E-state index is 0.196. The van der Waals surface area contributed by atoms with Gasteiger partial charge in [0, 0.05) is 29.3 Å². The Balaban J connectivity index is 2.26. The Bertz CT molecular complexity index is 579. The van der Waals surface area contributed by atoms with Crippen LogP contribution in [0.1, 0.15) is 43.4 Å². The van der Waals surface area contributed by atoms with Crippen LogP contribution in [0.3, 0.4) is 0 Å². The largest absolute Gasteiger partial charge is 0.308 e. The van der Waals surface area contributed by atoms with Crippen LogP contribution in [0.5, 0.6) is 0 Å². The van der Waals surface area contributed by atoms with Crippen molar-refractivity contribution in [2.45, 2.75) is 46.2 Å². The first-order valence-electron chi connectivity index (χ1n) is 7.52. The van der Waals surface area contributed by atoms with Crippen molar-refractivity contribution in [1.29, 1.82) is 0 Å². The SMILES string of the molecule is CCCNC(Cc1cc(C)nn1CC)c1ncccc1Br. The van der Waals surface area contributed by atoms with Crippen LogP contribution < -0.4 is 5.32 Å². The average Bonchev–Trinajstić information content (AvgIpc) is 2.84. The molecular weight excluding hydrogens is 328 g/mol. The second kappa shape index (κ2) is 7.71. The Morgan fingerprint density at radius 3 is 2.86 bits per heavy atom. The summed E-state index contributed by atoms with van der Waals surface area (Å²) in [5, 5.41) is 8.14. The molecular formula is C16H23BrN4. The van der Waals surface area contributed by atoms with Gasteiger partial charge >= 0.3 is 0 Å². The van der Waals surface area contributed by atoms with Gasteiger partial charge in [0.2, 0.25) is 0 Å². The van der Waals surface area contributed by atoms with Gasteiger partial charge in [-0.05, 0) is 60.9 Å². The van der Waals surface area contributed by atoms with Gasteiger partial charge in [-0.15, -0.1) is 0 Å². The molecule has 1 N–H and O–H groups in total. The van der Waals surface area contributed by atoms with Crippen molar-refractivity contribution in [1.82, 2.24) is 20.1 Å². The zero-order chi connectivity index (χ0) is 15.2. The van der Waals surface area contributed by atoms with Crippen molar-refractivity contribution in [3.05, 3.63) is 46.0 Å². The Kier molecular flexibility index (Phi) is 5.94. The lowest BCUT2D eigenvalue weighted by Crippen LogP contribution is -2.26. The first-order chi connectivity index (χ1) is 10.2. The van der Waals surface area contributed by atoms with E-state index in [1.165, 1.54) is 5.69 Å². The average molecular weight is 351 g/mol. The summed E-state index contributed by atoms with van der Waals surface area (Å²) < 4.78 is 3.13. The summed E-state index contributed by atoms with van der Waals surface area (Å²) in [7, 11) is 0. The maximum Gasteiger partial charge on any atom is 0.0718 e. The molecule has 4 nitrogen and oxygen atoms in total. The van der Waals surface area contributed by atoms with Crippen LogP contribution in [0.25, 0.3) is 0 Å². The Hall–Kier alpha value is -1.20. The van der Waals surface area contributed by atoms with E-state index >= 15 is 0 Å². The molecule has 114 valence electrons. The van der Waals surface area contributed by atoms with Gasteiger partial charge in [-0.1, -0.05) is 6.92 Å². The van der Waals surface area contributed by atoms with Crippen LogP contribution in [0.4, 0.5) is 0 Å². The number of aryl methyl sites for hydroxylation is 2. The Morgan fingerprint density at radius 2 is 2.19 bits per heavy atom. The van der Waals surface area contributed by atoms with Gasteiger partial charge in [0.05, 0.1) is 17.4 Å². The fourth-order valence-electron chi connectivity index (χ4n) is 2.48. The predicted octanol–water partition coefficient (Wildman–Crippen LogP) is 3.65. The summed E-state index contributed by atoms with van der Waals surface area (Å²) in [5.41, 5.74) is 3.38. The molecule has 1 atom stereocenters. The molecule has 5 heteroatoms. The van der Waals surface area contributed by atoms with Gasteiger partial charge in [-0.2, -0.15) is 5.10 Å². The predicted molar refractivity (Wildman–Crippen MR) is 89.3 cm³/mol. The molecule has 0 saturated heterocycles. The zero-order valence-electron chi connectivity index (χ0n) is 12.9. The smallest absolute Gasteiger partial charge is 0.0718 e. The fourth-order valence-corrected chi connectivity index (χ4v) is 3.02. The van der Waals surface area contributed by atoms with Gasteiger partial charge in [0.15, 0.2) is 0 Å². The van der Waals surface area contributed by atoms with E-state index < -0.39 is 0 Å². The molecule has 2 rings (SSSR count). The minimum Gasteiger partial charge on any atom is -0.308 e. The topological polar surface area (TPSA) is 42.7 Å². The molecule has 2 aromatic rings. The molecule has 0 fully saturated rings. The maximum atomic E-state index is 4.55. The zero-order valence-corrected chi connectivity index (χ0v) is 14.5. The summed E-state index contributed by atoms with van der Waals surface area (Å²) in [6.07, 6.45) is 3.85. The standard InChI is InChI=1S/C16H23BrN4/c1-4-8-18-15(16-14(17)7-6-9-19-16)11-13-10-12(3)20-21(13)5-2/h6-7,9-10,15,18H,4-5,8,11H2,1-3H3. The number of hydrogen-bond acceptors (Lipinski definition) is 3. The van der Waals surface area contributed by atoms with Crippen LogP contribution in [0.2, 0.25) is 0 Å². The summed E-state index contributed by atoms with van der Waals surface area (Å²) in [4.78, 5) is 4.55. The highest BCUT2D eigenvalue weighted by molar-refractivity contribution is 9.10. The van der Waals surface area contributed by atoms with Gasteiger partial charge in [0.25, 0.3) is 0 Å². The number of hydrogen-bond donors (Lipinski definition) is 1. The third-order valence-corrected chi connectivity index (χ3v) is 4.13. The van der Waals surface area contributed by atoms with E-state index in [1.54, 1.807) is 0 Å². The van der Waals surface area contributed by atoms with Crippen molar-refractivity contribution < 1.29 is 0 Å². The number of nitrogens with zero attached hydrogens (tertiary/aromatic N) is 3. The molecule has 0 aliphatic heterocycles. The van der Waals surface area contributed by atoms with Gasteiger partial charge in [0.1, 0.15) is 0 Å².